The van der Waals surface area contributed by atoms with Gasteiger partial charge in [-0.25, -0.2) is 14.3 Å². The Morgan fingerprint density at radius 1 is 1.12 bits per heavy atom. The summed E-state index contributed by atoms with van der Waals surface area (Å²) in [6.07, 6.45) is 2.20. The summed E-state index contributed by atoms with van der Waals surface area (Å²) in [5.41, 5.74) is -0.0226. The molecule has 1 aromatic heterocycles. The van der Waals surface area contributed by atoms with Gasteiger partial charge < -0.3 is 14.7 Å². The zero-order valence-electron chi connectivity index (χ0n) is 9.10. The Bertz CT molecular complexity index is 360. The second kappa shape index (κ2) is 5.20. The maximum Gasteiger partial charge on any atom is 0.340 e. The van der Waals surface area contributed by atoms with Gasteiger partial charge in [0.05, 0.1) is 36.7 Å². The lowest BCUT2D eigenvalue weighted by Gasteiger charge is -2.02. The molecule has 1 rings (SSSR count). The quantitative estimate of drug-likeness (QED) is 0.615. The molecule has 0 bridgehead atoms. The molecule has 6 nitrogen and oxygen atoms in total. The predicted molar refractivity (Wildman–Crippen MR) is 53.5 cm³/mol. The van der Waals surface area contributed by atoms with E-state index in [0.717, 1.165) is 12.4 Å². The standard InChI is InChI=1S/C10H13NO5/c1-3-15-9(12)7-5-11(14)6-8(7)10(13)16-4-2/h5-6,14H,3-4H2,1-2H3. The largest absolute Gasteiger partial charge is 0.462 e. The zero-order valence-corrected chi connectivity index (χ0v) is 9.10. The first-order valence-electron chi connectivity index (χ1n) is 4.85. The third-order valence-corrected chi connectivity index (χ3v) is 1.80. The lowest BCUT2D eigenvalue weighted by Crippen LogP contribution is -2.11. The van der Waals surface area contributed by atoms with Gasteiger partial charge in [0, 0.05) is 0 Å². The highest BCUT2D eigenvalue weighted by atomic mass is 16.5. The van der Waals surface area contributed by atoms with Crippen LogP contribution in [0.25, 0.3) is 0 Å². The van der Waals surface area contributed by atoms with E-state index >= 15 is 0 Å². The van der Waals surface area contributed by atoms with Crippen LogP contribution in [0.1, 0.15) is 34.6 Å². The summed E-state index contributed by atoms with van der Waals surface area (Å²) in [7, 11) is 0. The van der Waals surface area contributed by atoms with E-state index in [9.17, 15) is 9.59 Å². The molecule has 0 fully saturated rings. The van der Waals surface area contributed by atoms with Gasteiger partial charge in [0.15, 0.2) is 0 Å². The number of rotatable bonds is 4. The first-order valence-corrected chi connectivity index (χ1v) is 4.85. The van der Waals surface area contributed by atoms with Crippen LogP contribution in [0.15, 0.2) is 12.4 Å². The first-order chi connectivity index (χ1) is 7.60. The fraction of sp³-hybridized carbons (Fsp3) is 0.400. The van der Waals surface area contributed by atoms with E-state index in [0.29, 0.717) is 4.73 Å². The van der Waals surface area contributed by atoms with Crippen molar-refractivity contribution in [2.75, 3.05) is 13.2 Å². The highest BCUT2D eigenvalue weighted by Gasteiger charge is 2.21. The van der Waals surface area contributed by atoms with Crippen molar-refractivity contribution >= 4 is 11.9 Å². The van der Waals surface area contributed by atoms with Crippen molar-refractivity contribution in [1.29, 1.82) is 0 Å². The van der Waals surface area contributed by atoms with Gasteiger partial charge in [-0.2, -0.15) is 0 Å². The van der Waals surface area contributed by atoms with E-state index in [1.165, 1.54) is 0 Å². The maximum atomic E-state index is 11.4. The predicted octanol–water partition coefficient (Wildman–Crippen LogP) is 1.08. The van der Waals surface area contributed by atoms with Crippen molar-refractivity contribution in [3.05, 3.63) is 23.5 Å². The van der Waals surface area contributed by atoms with Crippen molar-refractivity contribution < 1.29 is 24.3 Å². The fourth-order valence-electron chi connectivity index (χ4n) is 1.18. The molecule has 0 amide bonds. The lowest BCUT2D eigenvalue weighted by atomic mass is 10.2. The van der Waals surface area contributed by atoms with Crippen molar-refractivity contribution in [1.82, 2.24) is 4.73 Å². The van der Waals surface area contributed by atoms with E-state index in [1.54, 1.807) is 13.8 Å². The molecule has 1 heterocycles. The van der Waals surface area contributed by atoms with Crippen molar-refractivity contribution in [2.45, 2.75) is 13.8 Å². The van der Waals surface area contributed by atoms with Crippen LogP contribution in [0.4, 0.5) is 0 Å². The third-order valence-electron chi connectivity index (χ3n) is 1.80. The summed E-state index contributed by atoms with van der Waals surface area (Å²) < 4.78 is 10.1. The van der Waals surface area contributed by atoms with Crippen LogP contribution in [-0.4, -0.2) is 35.1 Å². The fourth-order valence-corrected chi connectivity index (χ4v) is 1.18. The minimum atomic E-state index is -0.668. The molecule has 6 heteroatoms. The van der Waals surface area contributed by atoms with Crippen LogP contribution >= 0.6 is 0 Å². The van der Waals surface area contributed by atoms with Crippen LogP contribution in [0.5, 0.6) is 0 Å². The molecule has 0 atom stereocenters. The zero-order chi connectivity index (χ0) is 12.1. The number of aromatic nitrogens is 1. The summed E-state index contributed by atoms with van der Waals surface area (Å²) in [4.78, 5) is 22.9. The molecule has 0 aliphatic carbocycles. The Balaban J connectivity index is 2.99. The minimum absolute atomic E-state index is 0.0113. The number of hydrogen-bond acceptors (Lipinski definition) is 5. The van der Waals surface area contributed by atoms with Crippen molar-refractivity contribution in [3.63, 3.8) is 0 Å². The average Bonchev–Trinajstić information content (AvgIpc) is 2.61. The molecular formula is C10H13NO5. The number of hydrogen-bond donors (Lipinski definition) is 1. The Hall–Kier alpha value is -1.98. The van der Waals surface area contributed by atoms with Gasteiger partial charge in [0.25, 0.3) is 0 Å². The van der Waals surface area contributed by atoms with E-state index in [4.69, 9.17) is 14.7 Å². The van der Waals surface area contributed by atoms with Gasteiger partial charge in [0.2, 0.25) is 0 Å². The second-order valence-corrected chi connectivity index (χ2v) is 2.91. The van der Waals surface area contributed by atoms with E-state index < -0.39 is 11.9 Å². The van der Waals surface area contributed by atoms with E-state index in [1.807, 2.05) is 0 Å². The monoisotopic (exact) mass is 227 g/mol. The number of carbonyl (C=O) groups excluding carboxylic acids is 2. The Kier molecular flexibility index (Phi) is 3.93. The topological polar surface area (TPSA) is 77.8 Å². The summed E-state index contributed by atoms with van der Waals surface area (Å²) in [5, 5.41) is 9.17. The number of carbonyl (C=O) groups is 2. The molecule has 1 aromatic rings. The highest BCUT2D eigenvalue weighted by Crippen LogP contribution is 2.13. The molecule has 0 unspecified atom stereocenters. The summed E-state index contributed by atoms with van der Waals surface area (Å²) in [6, 6.07) is 0. The molecule has 0 aliphatic rings. The van der Waals surface area contributed by atoms with Gasteiger partial charge in [-0.15, -0.1) is 0 Å². The van der Waals surface area contributed by atoms with Crippen molar-refractivity contribution in [3.8, 4) is 0 Å². The Morgan fingerprint density at radius 3 is 1.81 bits per heavy atom. The molecule has 0 spiro atoms. The van der Waals surface area contributed by atoms with Crippen LogP contribution in [0.3, 0.4) is 0 Å². The second-order valence-electron chi connectivity index (χ2n) is 2.91. The van der Waals surface area contributed by atoms with Crippen LogP contribution in [0.2, 0.25) is 0 Å². The van der Waals surface area contributed by atoms with Gasteiger partial charge in [-0.1, -0.05) is 0 Å². The molecule has 0 saturated heterocycles. The van der Waals surface area contributed by atoms with Crippen molar-refractivity contribution in [2.24, 2.45) is 0 Å². The summed E-state index contributed by atoms with van der Waals surface area (Å²) >= 11 is 0. The lowest BCUT2D eigenvalue weighted by molar-refractivity contribution is 0.0480. The summed E-state index contributed by atoms with van der Waals surface area (Å²) in [5.74, 6) is -1.34. The van der Waals surface area contributed by atoms with Gasteiger partial charge in [-0.3, -0.25) is 0 Å². The molecule has 16 heavy (non-hydrogen) atoms. The molecule has 1 N–H and O–H groups in total. The van der Waals surface area contributed by atoms with Gasteiger partial charge >= 0.3 is 11.9 Å². The van der Waals surface area contributed by atoms with Gasteiger partial charge in [-0.05, 0) is 13.8 Å². The van der Waals surface area contributed by atoms with E-state index in [2.05, 4.69) is 0 Å². The molecule has 0 aliphatic heterocycles. The van der Waals surface area contributed by atoms with Crippen LogP contribution in [-0.2, 0) is 9.47 Å². The minimum Gasteiger partial charge on any atom is -0.462 e. The number of esters is 2. The SMILES string of the molecule is CCOC(=O)c1cn(O)cc1C(=O)OCC. The van der Waals surface area contributed by atoms with Gasteiger partial charge in [0.1, 0.15) is 0 Å². The molecule has 0 aromatic carbocycles. The normalized spacial score (nSPS) is 9.88. The first kappa shape index (κ1) is 12.1. The summed E-state index contributed by atoms with van der Waals surface area (Å²) in [6.45, 7) is 3.69. The Labute approximate surface area is 92.3 Å². The highest BCUT2D eigenvalue weighted by molar-refractivity contribution is 6.03. The molecule has 0 saturated carbocycles. The smallest absolute Gasteiger partial charge is 0.340 e. The van der Waals surface area contributed by atoms with Crippen LogP contribution < -0.4 is 0 Å². The number of ether oxygens (including phenoxy) is 2. The van der Waals surface area contributed by atoms with E-state index in [-0.39, 0.29) is 24.3 Å². The number of nitrogens with zero attached hydrogens (tertiary/aromatic N) is 1. The molecule has 0 radical (unpaired) electrons. The molecular weight excluding hydrogens is 214 g/mol. The molecule has 88 valence electrons. The van der Waals surface area contributed by atoms with Crippen LogP contribution in [0, 0.1) is 0 Å². The maximum absolute atomic E-state index is 11.4. The average molecular weight is 227 g/mol. The third kappa shape index (κ3) is 2.53. The Morgan fingerprint density at radius 2 is 1.50 bits per heavy atom.